The predicted octanol–water partition coefficient (Wildman–Crippen LogP) is 6.70. The van der Waals surface area contributed by atoms with E-state index in [1.165, 1.54) is 40.7 Å². The molecule has 1 aromatic heterocycles. The molecule has 3 heterocycles. The SMILES string of the molecule is Cc1cccc(C)c1C1CC2NC(N1)NS(=O)(=O)C1CCCC(C1)CN(Cc1ccc(C3=CCCCC3)cn1)[C@H](CC(C)(C)C)CO2. The van der Waals surface area contributed by atoms with Crippen LogP contribution in [-0.4, -0.2) is 55.3 Å². The van der Waals surface area contributed by atoms with Gasteiger partial charge in [-0.3, -0.25) is 20.5 Å². The first-order valence-electron chi connectivity index (χ1n) is 18.0. The van der Waals surface area contributed by atoms with Gasteiger partial charge in [0.1, 0.15) is 12.5 Å². The summed E-state index contributed by atoms with van der Waals surface area (Å²) in [5, 5.41) is 6.67. The number of rotatable bonds is 5. The summed E-state index contributed by atoms with van der Waals surface area (Å²) in [5.41, 5.74) is 7.44. The normalized spacial score (nSPS) is 30.8. The largest absolute Gasteiger partial charge is 0.362 e. The molecule has 0 spiro atoms. The van der Waals surface area contributed by atoms with Crippen molar-refractivity contribution in [1.29, 1.82) is 0 Å². The predicted molar refractivity (Wildman–Crippen MR) is 190 cm³/mol. The van der Waals surface area contributed by atoms with Crippen LogP contribution in [0, 0.1) is 25.2 Å². The van der Waals surface area contributed by atoms with Gasteiger partial charge < -0.3 is 4.74 Å². The maximum Gasteiger partial charge on any atom is 0.216 e. The zero-order chi connectivity index (χ0) is 33.2. The molecule has 6 rings (SSSR count). The van der Waals surface area contributed by atoms with E-state index in [4.69, 9.17) is 9.72 Å². The Bertz CT molecular complexity index is 1480. The second-order valence-electron chi connectivity index (χ2n) is 15.9. The van der Waals surface area contributed by atoms with Gasteiger partial charge in [0, 0.05) is 37.8 Å². The van der Waals surface area contributed by atoms with E-state index in [0.717, 1.165) is 50.9 Å². The third-order valence-electron chi connectivity index (χ3n) is 10.7. The van der Waals surface area contributed by atoms with Crippen LogP contribution in [0.1, 0.15) is 119 Å². The van der Waals surface area contributed by atoms with Crippen molar-refractivity contribution in [3.63, 3.8) is 0 Å². The molecule has 2 saturated heterocycles. The van der Waals surface area contributed by atoms with Gasteiger partial charge in [0.2, 0.25) is 10.0 Å². The summed E-state index contributed by atoms with van der Waals surface area (Å²) in [4.78, 5) is 7.56. The Kier molecular flexibility index (Phi) is 10.9. The standard InChI is InChI=1S/C38H57N5O3S/c1-26-11-9-12-27(2)36(26)34-20-35-41-37(40-34)42-47(44,45)33-16-10-13-28(19-33)23-43(32(25-46-35)21-38(3,4)5)24-31-18-17-30(22-39-31)29-14-7-6-8-15-29/h9,11-12,14,17-18,22,28,32-35,37,40-42H,6-8,10,13,15-16,19-21,23-25H2,1-5H3/t28?,32-,33?,34?,35?,37?/m1/s1. The number of fused-ring (bicyclic) bond motifs is 4. The Labute approximate surface area is 283 Å². The second-order valence-corrected chi connectivity index (χ2v) is 17.9. The lowest BCUT2D eigenvalue weighted by molar-refractivity contribution is -0.0517. The first-order valence-corrected chi connectivity index (χ1v) is 19.6. The Balaban J connectivity index is 1.31. The molecule has 1 aromatic carbocycles. The highest BCUT2D eigenvalue weighted by atomic mass is 32.2. The van der Waals surface area contributed by atoms with Crippen LogP contribution in [0.4, 0.5) is 0 Å². The molecule has 6 atom stereocenters. The van der Waals surface area contributed by atoms with Gasteiger partial charge in [0.05, 0.1) is 17.6 Å². The molecule has 0 amide bonds. The fourth-order valence-corrected chi connectivity index (χ4v) is 10.1. The second kappa shape index (κ2) is 14.8. The summed E-state index contributed by atoms with van der Waals surface area (Å²) < 4.78 is 37.7. The van der Waals surface area contributed by atoms with Gasteiger partial charge in [-0.1, -0.05) is 57.5 Å². The first-order chi connectivity index (χ1) is 22.4. The monoisotopic (exact) mass is 663 g/mol. The number of hydrogen-bond acceptors (Lipinski definition) is 7. The maximum absolute atomic E-state index is 13.9. The van der Waals surface area contributed by atoms with E-state index in [0.29, 0.717) is 31.8 Å². The number of sulfonamides is 1. The topological polar surface area (TPSA) is 95.6 Å². The summed E-state index contributed by atoms with van der Waals surface area (Å²) in [7, 11) is -3.57. The van der Waals surface area contributed by atoms with Crippen molar-refractivity contribution in [2.24, 2.45) is 11.3 Å². The van der Waals surface area contributed by atoms with Gasteiger partial charge in [0.25, 0.3) is 0 Å². The number of hydrogen-bond donors (Lipinski definition) is 3. The van der Waals surface area contributed by atoms with E-state index in [-0.39, 0.29) is 23.7 Å². The third kappa shape index (κ3) is 8.91. The fourth-order valence-electron chi connectivity index (χ4n) is 8.42. The Morgan fingerprint density at radius 3 is 2.51 bits per heavy atom. The van der Waals surface area contributed by atoms with Crippen molar-refractivity contribution in [3.05, 3.63) is 70.6 Å². The number of allylic oxidation sites excluding steroid dienone is 2. The molecule has 258 valence electrons. The van der Waals surface area contributed by atoms with Crippen molar-refractivity contribution < 1.29 is 13.2 Å². The lowest BCUT2D eigenvalue weighted by Gasteiger charge is -2.41. The molecule has 47 heavy (non-hydrogen) atoms. The van der Waals surface area contributed by atoms with Crippen molar-refractivity contribution >= 4 is 15.6 Å². The van der Waals surface area contributed by atoms with E-state index in [2.05, 4.69) is 97.5 Å². The molecule has 4 bridgehead atoms. The number of nitrogens with one attached hydrogen (secondary N) is 3. The Hall–Kier alpha value is -2.14. The molecule has 3 N–H and O–H groups in total. The number of aryl methyl sites for hydroxylation is 2. The van der Waals surface area contributed by atoms with Gasteiger partial charge in [-0.2, -0.15) is 4.72 Å². The number of pyridine rings is 1. The van der Waals surface area contributed by atoms with E-state index in [9.17, 15) is 8.42 Å². The molecule has 8 nitrogen and oxygen atoms in total. The summed E-state index contributed by atoms with van der Waals surface area (Å²) in [6, 6.07) is 10.9. The van der Waals surface area contributed by atoms with E-state index >= 15 is 0 Å². The van der Waals surface area contributed by atoms with E-state index < -0.39 is 21.6 Å². The van der Waals surface area contributed by atoms with Gasteiger partial charge in [0.15, 0.2) is 0 Å². The van der Waals surface area contributed by atoms with Crippen LogP contribution >= 0.6 is 0 Å². The zero-order valence-electron chi connectivity index (χ0n) is 29.2. The molecule has 2 aromatic rings. The van der Waals surface area contributed by atoms with E-state index in [1.807, 2.05) is 0 Å². The summed E-state index contributed by atoms with van der Waals surface area (Å²) in [5.74, 6) is 0.294. The van der Waals surface area contributed by atoms with Crippen LogP contribution in [0.5, 0.6) is 0 Å². The maximum atomic E-state index is 13.9. The third-order valence-corrected chi connectivity index (χ3v) is 12.6. The number of aromatic nitrogens is 1. The van der Waals surface area contributed by atoms with Crippen molar-refractivity contribution in [1.82, 2.24) is 25.2 Å². The van der Waals surface area contributed by atoms with Crippen molar-refractivity contribution in [3.8, 4) is 0 Å². The molecular weight excluding hydrogens is 607 g/mol. The molecule has 4 aliphatic rings. The molecule has 1 saturated carbocycles. The molecule has 2 aliphatic carbocycles. The minimum absolute atomic E-state index is 0.0430. The number of benzene rings is 1. The molecule has 5 unspecified atom stereocenters. The summed E-state index contributed by atoms with van der Waals surface area (Å²) in [6.07, 6.45) is 13.4. The van der Waals surface area contributed by atoms with Crippen LogP contribution in [0.15, 0.2) is 42.6 Å². The minimum Gasteiger partial charge on any atom is -0.362 e. The number of nitrogens with zero attached hydrogens (tertiary/aromatic N) is 2. The summed E-state index contributed by atoms with van der Waals surface area (Å²) >= 11 is 0. The Morgan fingerprint density at radius 1 is 1.00 bits per heavy atom. The highest BCUT2D eigenvalue weighted by molar-refractivity contribution is 7.90. The molecule has 9 heteroatoms. The van der Waals surface area contributed by atoms with Gasteiger partial charge in [-0.25, -0.2) is 8.42 Å². The van der Waals surface area contributed by atoms with Crippen LogP contribution < -0.4 is 15.4 Å². The lowest BCUT2D eigenvalue weighted by atomic mass is 9.85. The van der Waals surface area contributed by atoms with Gasteiger partial charge in [-0.05, 0) is 110 Å². The smallest absolute Gasteiger partial charge is 0.216 e. The average Bonchev–Trinajstić information content (AvgIpc) is 3.03. The summed E-state index contributed by atoms with van der Waals surface area (Å²) in [6.45, 7) is 13.3. The highest BCUT2D eigenvalue weighted by Crippen LogP contribution is 2.34. The highest BCUT2D eigenvalue weighted by Gasteiger charge is 2.39. The molecular formula is C38H57N5O3S. The number of ether oxygens (including phenoxy) is 1. The van der Waals surface area contributed by atoms with Gasteiger partial charge >= 0.3 is 0 Å². The average molecular weight is 664 g/mol. The lowest BCUT2D eigenvalue weighted by Crippen LogP contribution is -2.64. The van der Waals surface area contributed by atoms with Gasteiger partial charge in [-0.15, -0.1) is 0 Å². The quantitative estimate of drug-likeness (QED) is 0.328. The Morgan fingerprint density at radius 2 is 1.81 bits per heavy atom. The minimum atomic E-state index is -3.57. The molecule has 3 fully saturated rings. The van der Waals surface area contributed by atoms with E-state index in [1.54, 1.807) is 0 Å². The van der Waals surface area contributed by atoms with Crippen LogP contribution in [0.2, 0.25) is 0 Å². The zero-order valence-corrected chi connectivity index (χ0v) is 30.0. The van der Waals surface area contributed by atoms with Crippen molar-refractivity contribution in [2.75, 3.05) is 13.2 Å². The van der Waals surface area contributed by atoms with Crippen LogP contribution in [0.25, 0.3) is 5.57 Å². The fraction of sp³-hybridized carbons (Fsp3) is 0.658. The van der Waals surface area contributed by atoms with Crippen LogP contribution in [-0.2, 0) is 21.3 Å². The first kappa shape index (κ1) is 34.7. The van der Waals surface area contributed by atoms with Crippen molar-refractivity contribution in [2.45, 2.75) is 135 Å². The van der Waals surface area contributed by atoms with Crippen LogP contribution in [0.3, 0.4) is 0 Å². The molecule has 0 radical (unpaired) electrons. The molecule has 2 aliphatic heterocycles.